The van der Waals surface area contributed by atoms with Crippen LogP contribution in [0.4, 0.5) is 0 Å². The third-order valence-corrected chi connectivity index (χ3v) is 14.7. The Labute approximate surface area is 389 Å². The SMILES string of the molecule is c1ccc(-c2cc3nc(-n4c5ccc(-c6cccc7c8ccccc8n(-c8ccccc8)c67)cc5c5c6ccccc6ccc54)nc(-c4ccc(-c5cccc6ccccc56)cc4)c3s2)cc1. The number of benzene rings is 10. The van der Waals surface area contributed by atoms with Gasteiger partial charge in [-0.3, -0.25) is 4.57 Å². The molecule has 0 N–H and O–H groups in total. The lowest BCUT2D eigenvalue weighted by molar-refractivity contribution is 1.02. The summed E-state index contributed by atoms with van der Waals surface area (Å²) in [5, 5.41) is 9.68. The Kier molecular flexibility index (Phi) is 8.42. The van der Waals surface area contributed by atoms with Crippen LogP contribution < -0.4 is 0 Å². The molecule has 10 aromatic carbocycles. The minimum absolute atomic E-state index is 0.646. The summed E-state index contributed by atoms with van der Waals surface area (Å²) in [4.78, 5) is 12.2. The lowest BCUT2D eigenvalue weighted by Crippen LogP contribution is -2.02. The number of hydrogen-bond acceptors (Lipinski definition) is 3. The van der Waals surface area contributed by atoms with Gasteiger partial charge in [0.1, 0.15) is 0 Å². The molecule has 14 rings (SSSR count). The summed E-state index contributed by atoms with van der Waals surface area (Å²) < 4.78 is 5.78. The summed E-state index contributed by atoms with van der Waals surface area (Å²) in [5.41, 5.74) is 14.4. The van der Waals surface area contributed by atoms with Crippen molar-refractivity contribution in [3.63, 3.8) is 0 Å². The highest BCUT2D eigenvalue weighted by Crippen LogP contribution is 2.44. The fraction of sp³-hybridized carbons (Fsp3) is 0. The van der Waals surface area contributed by atoms with Crippen molar-refractivity contribution in [3.05, 3.63) is 231 Å². The van der Waals surface area contributed by atoms with Crippen molar-refractivity contribution in [2.24, 2.45) is 0 Å². The second-order valence-electron chi connectivity index (χ2n) is 17.3. The van der Waals surface area contributed by atoms with Gasteiger partial charge in [-0.1, -0.05) is 188 Å². The van der Waals surface area contributed by atoms with Crippen molar-refractivity contribution in [2.45, 2.75) is 0 Å². The summed E-state index contributed by atoms with van der Waals surface area (Å²) in [5.74, 6) is 0.646. The van der Waals surface area contributed by atoms with Gasteiger partial charge in [-0.25, -0.2) is 9.97 Å². The molecule has 0 spiro atoms. The molecule has 5 heteroatoms. The van der Waals surface area contributed by atoms with E-state index in [2.05, 4.69) is 240 Å². The molecule has 0 fully saturated rings. The van der Waals surface area contributed by atoms with Crippen LogP contribution in [0.5, 0.6) is 0 Å². The van der Waals surface area contributed by atoms with Crippen molar-refractivity contribution in [1.29, 1.82) is 0 Å². The normalized spacial score (nSPS) is 11.9. The van der Waals surface area contributed by atoms with Gasteiger partial charge in [0, 0.05) is 43.2 Å². The predicted molar refractivity (Wildman–Crippen MR) is 283 cm³/mol. The third-order valence-electron chi connectivity index (χ3n) is 13.6. The van der Waals surface area contributed by atoms with E-state index in [9.17, 15) is 0 Å². The minimum Gasteiger partial charge on any atom is -0.309 e. The maximum absolute atomic E-state index is 5.60. The second kappa shape index (κ2) is 15.0. The number of hydrogen-bond donors (Lipinski definition) is 0. The molecule has 312 valence electrons. The zero-order valence-corrected chi connectivity index (χ0v) is 37.0. The molecule has 4 heterocycles. The van der Waals surface area contributed by atoms with Crippen LogP contribution in [0.2, 0.25) is 0 Å². The first-order valence-corrected chi connectivity index (χ1v) is 23.5. The first-order chi connectivity index (χ1) is 33.2. The van der Waals surface area contributed by atoms with E-state index in [4.69, 9.17) is 9.97 Å². The maximum atomic E-state index is 5.60. The van der Waals surface area contributed by atoms with Crippen molar-refractivity contribution in [2.75, 3.05) is 0 Å². The van der Waals surface area contributed by atoms with Gasteiger partial charge in [0.2, 0.25) is 5.95 Å². The van der Waals surface area contributed by atoms with Crippen molar-refractivity contribution in [3.8, 4) is 55.6 Å². The number of nitrogens with zero attached hydrogens (tertiary/aromatic N) is 4. The minimum atomic E-state index is 0.646. The summed E-state index contributed by atoms with van der Waals surface area (Å²) in [6.45, 7) is 0. The Morgan fingerprint density at radius 2 is 0.970 bits per heavy atom. The fourth-order valence-electron chi connectivity index (χ4n) is 10.5. The predicted octanol–water partition coefficient (Wildman–Crippen LogP) is 16.9. The number of para-hydroxylation sites is 3. The lowest BCUT2D eigenvalue weighted by Gasteiger charge is -2.12. The molecular formula is C62H38N4S. The Morgan fingerprint density at radius 3 is 1.81 bits per heavy atom. The molecule has 0 atom stereocenters. The highest BCUT2D eigenvalue weighted by molar-refractivity contribution is 7.22. The molecule has 4 nitrogen and oxygen atoms in total. The summed E-state index contributed by atoms with van der Waals surface area (Å²) in [7, 11) is 0. The van der Waals surface area contributed by atoms with E-state index in [1.165, 1.54) is 71.0 Å². The lowest BCUT2D eigenvalue weighted by atomic mass is 9.97. The summed E-state index contributed by atoms with van der Waals surface area (Å²) in [6.07, 6.45) is 0. The smallest absolute Gasteiger partial charge is 0.235 e. The zero-order chi connectivity index (χ0) is 44.0. The van der Waals surface area contributed by atoms with Crippen LogP contribution in [0.3, 0.4) is 0 Å². The van der Waals surface area contributed by atoms with Gasteiger partial charge in [0.25, 0.3) is 0 Å². The molecular weight excluding hydrogens is 833 g/mol. The molecule has 67 heavy (non-hydrogen) atoms. The first kappa shape index (κ1) is 37.7. The molecule has 14 aromatic rings. The van der Waals surface area contributed by atoms with Crippen molar-refractivity contribution < 1.29 is 0 Å². The quantitative estimate of drug-likeness (QED) is 0.167. The Morgan fingerprint density at radius 1 is 0.358 bits per heavy atom. The third kappa shape index (κ3) is 5.92. The average molecular weight is 871 g/mol. The van der Waals surface area contributed by atoms with Crippen LogP contribution in [0.25, 0.3) is 131 Å². The van der Waals surface area contributed by atoms with Crippen LogP contribution >= 0.6 is 11.3 Å². The van der Waals surface area contributed by atoms with Crippen LogP contribution in [0.1, 0.15) is 0 Å². The second-order valence-corrected chi connectivity index (χ2v) is 18.4. The number of thiophene rings is 1. The van der Waals surface area contributed by atoms with E-state index in [1.54, 1.807) is 11.3 Å². The summed E-state index contributed by atoms with van der Waals surface area (Å²) in [6, 6.07) is 83.3. The Hall–Kier alpha value is -8.64. The van der Waals surface area contributed by atoms with Gasteiger partial charge in [0.15, 0.2) is 0 Å². The Balaban J connectivity index is 1.01. The van der Waals surface area contributed by atoms with Crippen LogP contribution in [0, 0.1) is 0 Å². The van der Waals surface area contributed by atoms with Gasteiger partial charge in [0.05, 0.1) is 38.0 Å². The van der Waals surface area contributed by atoms with Gasteiger partial charge in [-0.15, -0.1) is 11.3 Å². The standard InChI is InChI=1S/C62H38N4S/c1-3-17-42(18-4-1)57-38-53-61(67-57)59(43-31-29-41(30-32-43)47-25-13-19-39-15-7-9-22-46(39)47)64-62(63-53)66-55-35-34-44(37-52(55)58-48-23-10-8-16-40(48)33-36-56(58)66)49-26-14-27-51-50-24-11-12-28-54(50)65(60(49)51)45-20-5-2-6-21-45/h1-38H. The topological polar surface area (TPSA) is 35.6 Å². The van der Waals surface area contributed by atoms with Gasteiger partial charge >= 0.3 is 0 Å². The van der Waals surface area contributed by atoms with E-state index in [0.29, 0.717) is 5.95 Å². The molecule has 0 radical (unpaired) electrons. The molecule has 0 amide bonds. The van der Waals surface area contributed by atoms with Gasteiger partial charge in [-0.05, 0) is 86.3 Å². The fourth-order valence-corrected chi connectivity index (χ4v) is 11.6. The zero-order valence-electron chi connectivity index (χ0n) is 36.1. The maximum Gasteiger partial charge on any atom is 0.235 e. The molecule has 0 saturated heterocycles. The van der Waals surface area contributed by atoms with Gasteiger partial charge in [-0.2, -0.15) is 0 Å². The average Bonchev–Trinajstić information content (AvgIpc) is 4.09. The molecule has 0 saturated carbocycles. The molecule has 0 aliphatic carbocycles. The summed E-state index contributed by atoms with van der Waals surface area (Å²) >= 11 is 1.75. The largest absolute Gasteiger partial charge is 0.309 e. The van der Waals surface area contributed by atoms with E-state index in [0.717, 1.165) is 54.0 Å². The number of aromatic nitrogens is 4. The van der Waals surface area contributed by atoms with Crippen LogP contribution in [-0.2, 0) is 0 Å². The molecule has 0 bridgehead atoms. The monoisotopic (exact) mass is 870 g/mol. The van der Waals surface area contributed by atoms with E-state index in [1.807, 2.05) is 0 Å². The van der Waals surface area contributed by atoms with Crippen LogP contribution in [0.15, 0.2) is 231 Å². The molecule has 4 aromatic heterocycles. The molecule has 0 aliphatic heterocycles. The van der Waals surface area contributed by atoms with E-state index < -0.39 is 0 Å². The molecule has 0 aliphatic rings. The Bertz CT molecular complexity index is 4250. The van der Waals surface area contributed by atoms with Crippen LogP contribution in [-0.4, -0.2) is 19.1 Å². The van der Waals surface area contributed by atoms with E-state index >= 15 is 0 Å². The number of fused-ring (bicyclic) bond motifs is 10. The van der Waals surface area contributed by atoms with Crippen molar-refractivity contribution in [1.82, 2.24) is 19.1 Å². The first-order valence-electron chi connectivity index (χ1n) is 22.7. The van der Waals surface area contributed by atoms with Gasteiger partial charge < -0.3 is 4.57 Å². The number of rotatable bonds is 6. The highest BCUT2D eigenvalue weighted by Gasteiger charge is 2.23. The van der Waals surface area contributed by atoms with Crippen molar-refractivity contribution >= 4 is 86.7 Å². The van der Waals surface area contributed by atoms with E-state index in [-0.39, 0.29) is 0 Å². The highest BCUT2D eigenvalue weighted by atomic mass is 32.1. The molecule has 0 unspecified atom stereocenters.